The molecule has 1 aliphatic carbocycles. The minimum absolute atomic E-state index is 0.172. The third-order valence-electron chi connectivity index (χ3n) is 4.13. The predicted octanol–water partition coefficient (Wildman–Crippen LogP) is 5.46. The van der Waals surface area contributed by atoms with Gasteiger partial charge in [0.1, 0.15) is 0 Å². The van der Waals surface area contributed by atoms with Gasteiger partial charge in [-0.2, -0.15) is 0 Å². The molecule has 0 spiro atoms. The van der Waals surface area contributed by atoms with E-state index in [4.69, 9.17) is 28.4 Å². The van der Waals surface area contributed by atoms with Crippen molar-refractivity contribution >= 4 is 29.4 Å². The minimum Gasteiger partial charge on any atom is -0.411 e. The summed E-state index contributed by atoms with van der Waals surface area (Å²) < 4.78 is 0. The number of nitrogens with zero attached hydrogens (tertiary/aromatic N) is 1. The molecule has 1 aliphatic rings. The maximum absolute atomic E-state index is 8.83. The van der Waals surface area contributed by atoms with Crippen LogP contribution in [0.2, 0.25) is 10.0 Å². The summed E-state index contributed by atoms with van der Waals surface area (Å²) in [6.45, 7) is 0. The summed E-state index contributed by atoms with van der Waals surface area (Å²) in [6, 6.07) is 14.1. The number of hydrogen-bond acceptors (Lipinski definition) is 2. The lowest BCUT2D eigenvalue weighted by Gasteiger charge is -2.30. The van der Waals surface area contributed by atoms with Crippen LogP contribution < -0.4 is 0 Å². The Balaban J connectivity index is 2.04. The van der Waals surface area contributed by atoms with Gasteiger partial charge < -0.3 is 5.21 Å². The summed E-state index contributed by atoms with van der Waals surface area (Å²) in [5.74, 6) is 0.476. The molecule has 0 aliphatic heterocycles. The first-order valence-corrected chi connectivity index (χ1v) is 7.67. The molecule has 0 amide bonds. The van der Waals surface area contributed by atoms with Crippen molar-refractivity contribution in [3.63, 3.8) is 0 Å². The number of hydrogen-bond donors (Lipinski definition) is 1. The van der Waals surface area contributed by atoms with E-state index in [2.05, 4.69) is 17.3 Å². The molecule has 3 rings (SSSR count). The Morgan fingerprint density at radius 1 is 1.00 bits per heavy atom. The van der Waals surface area contributed by atoms with Crippen LogP contribution in [0, 0.1) is 0 Å². The van der Waals surface area contributed by atoms with Gasteiger partial charge in [-0.25, -0.2) is 0 Å². The highest BCUT2D eigenvalue weighted by atomic mass is 35.5. The summed E-state index contributed by atoms with van der Waals surface area (Å²) in [7, 11) is 0. The predicted molar refractivity (Wildman–Crippen MR) is 87.0 cm³/mol. The zero-order valence-corrected chi connectivity index (χ0v) is 12.8. The van der Waals surface area contributed by atoms with Gasteiger partial charge in [-0.15, -0.1) is 5.16 Å². The third-order valence-corrected chi connectivity index (χ3v) is 4.87. The van der Waals surface area contributed by atoms with Gasteiger partial charge in [0.15, 0.2) is 0 Å². The molecule has 0 fully saturated rings. The largest absolute Gasteiger partial charge is 0.411 e. The molecule has 4 heteroatoms. The molecule has 0 heterocycles. The van der Waals surface area contributed by atoms with Crippen molar-refractivity contribution < 1.29 is 5.21 Å². The molecule has 2 nitrogen and oxygen atoms in total. The van der Waals surface area contributed by atoms with Crippen LogP contribution >= 0.6 is 23.2 Å². The summed E-state index contributed by atoms with van der Waals surface area (Å²) in [5, 5.41) is 13.2. The molecule has 0 bridgehead atoms. The summed E-state index contributed by atoms with van der Waals surface area (Å²) >= 11 is 12.2. The van der Waals surface area contributed by atoms with E-state index in [-0.39, 0.29) is 5.92 Å². The quantitative estimate of drug-likeness (QED) is 0.445. The maximum Gasteiger partial charge on any atom is 0.0595 e. The Morgan fingerprint density at radius 2 is 1.76 bits per heavy atom. The lowest BCUT2D eigenvalue weighted by molar-refractivity contribution is 0.319. The second-order valence-electron chi connectivity index (χ2n) is 5.30. The molecule has 0 aromatic heterocycles. The van der Waals surface area contributed by atoms with Crippen molar-refractivity contribution in [1.82, 2.24) is 0 Å². The van der Waals surface area contributed by atoms with Crippen molar-refractivity contribution in [2.75, 3.05) is 0 Å². The van der Waals surface area contributed by atoms with E-state index in [9.17, 15) is 0 Å². The number of oxime groups is 1. The molecule has 0 saturated heterocycles. The SMILES string of the molecule is ON=CC1CCC(c2ccc(Cl)c(Cl)c2)c2ccccc21. The van der Waals surface area contributed by atoms with Crippen LogP contribution in [0.15, 0.2) is 47.6 Å². The Hall–Kier alpha value is -1.51. The first-order chi connectivity index (χ1) is 10.2. The average Bonchev–Trinajstić information content (AvgIpc) is 2.51. The molecule has 2 atom stereocenters. The van der Waals surface area contributed by atoms with Gasteiger partial charge in [0, 0.05) is 11.8 Å². The first-order valence-electron chi connectivity index (χ1n) is 6.92. The van der Waals surface area contributed by atoms with Gasteiger partial charge in [0.25, 0.3) is 0 Å². The van der Waals surface area contributed by atoms with Crippen LogP contribution in [0.4, 0.5) is 0 Å². The molecule has 2 unspecified atom stereocenters. The normalized spacial score (nSPS) is 21.4. The van der Waals surface area contributed by atoms with Crippen LogP contribution in [0.1, 0.15) is 41.4 Å². The van der Waals surface area contributed by atoms with Gasteiger partial charge in [-0.3, -0.25) is 0 Å². The summed E-state index contributed by atoms with van der Waals surface area (Å²) in [4.78, 5) is 0. The van der Waals surface area contributed by atoms with Gasteiger partial charge in [0.05, 0.1) is 16.3 Å². The zero-order chi connectivity index (χ0) is 14.8. The number of benzene rings is 2. The topological polar surface area (TPSA) is 32.6 Å². The lowest BCUT2D eigenvalue weighted by atomic mass is 9.74. The molecule has 1 N–H and O–H groups in total. The Bertz CT molecular complexity index is 684. The van der Waals surface area contributed by atoms with E-state index in [1.807, 2.05) is 30.3 Å². The minimum atomic E-state index is 0.172. The van der Waals surface area contributed by atoms with Gasteiger partial charge in [-0.1, -0.05) is 53.5 Å². The molecule has 21 heavy (non-hydrogen) atoms. The van der Waals surface area contributed by atoms with E-state index in [0.29, 0.717) is 16.0 Å². The van der Waals surface area contributed by atoms with Crippen molar-refractivity contribution in [3.05, 3.63) is 69.2 Å². The highest BCUT2D eigenvalue weighted by Gasteiger charge is 2.27. The molecule has 108 valence electrons. The smallest absolute Gasteiger partial charge is 0.0595 e. The van der Waals surface area contributed by atoms with E-state index in [1.165, 1.54) is 16.7 Å². The van der Waals surface area contributed by atoms with Crippen LogP contribution in [0.3, 0.4) is 0 Å². The van der Waals surface area contributed by atoms with Crippen molar-refractivity contribution in [2.45, 2.75) is 24.7 Å². The fourth-order valence-electron chi connectivity index (χ4n) is 3.13. The van der Waals surface area contributed by atoms with Gasteiger partial charge in [-0.05, 0) is 41.7 Å². The number of fused-ring (bicyclic) bond motifs is 1. The second-order valence-corrected chi connectivity index (χ2v) is 6.12. The monoisotopic (exact) mass is 319 g/mol. The van der Waals surface area contributed by atoms with Crippen LogP contribution in [0.25, 0.3) is 0 Å². The van der Waals surface area contributed by atoms with Crippen LogP contribution in [0.5, 0.6) is 0 Å². The Kier molecular flexibility index (Phi) is 4.18. The number of rotatable bonds is 2. The standard InChI is InChI=1S/C17H15Cl2NO/c18-16-8-6-11(9-17(16)19)14-7-5-12(10-20-21)13-3-1-2-4-15(13)14/h1-4,6,8-10,12,14,21H,5,7H2. The Labute approximate surface area is 134 Å². The molecular weight excluding hydrogens is 305 g/mol. The van der Waals surface area contributed by atoms with Gasteiger partial charge in [0.2, 0.25) is 0 Å². The third kappa shape index (κ3) is 2.78. The van der Waals surface area contributed by atoms with E-state index in [0.717, 1.165) is 12.8 Å². The zero-order valence-electron chi connectivity index (χ0n) is 11.3. The average molecular weight is 320 g/mol. The van der Waals surface area contributed by atoms with E-state index in [1.54, 1.807) is 6.21 Å². The molecular formula is C17H15Cl2NO. The molecule has 2 aromatic rings. The maximum atomic E-state index is 8.83. The van der Waals surface area contributed by atoms with Crippen LogP contribution in [-0.2, 0) is 0 Å². The molecule has 0 radical (unpaired) electrons. The second kappa shape index (κ2) is 6.08. The van der Waals surface area contributed by atoms with Crippen LogP contribution in [-0.4, -0.2) is 11.4 Å². The highest BCUT2D eigenvalue weighted by Crippen LogP contribution is 2.42. The van der Waals surface area contributed by atoms with Gasteiger partial charge >= 0.3 is 0 Å². The Morgan fingerprint density at radius 3 is 2.48 bits per heavy atom. The summed E-state index contributed by atoms with van der Waals surface area (Å²) in [6.07, 6.45) is 3.56. The molecule has 2 aromatic carbocycles. The van der Waals surface area contributed by atoms with E-state index < -0.39 is 0 Å². The lowest BCUT2D eigenvalue weighted by Crippen LogP contribution is -2.16. The highest BCUT2D eigenvalue weighted by molar-refractivity contribution is 6.42. The van der Waals surface area contributed by atoms with Crippen molar-refractivity contribution in [3.8, 4) is 0 Å². The first kappa shape index (κ1) is 14.4. The number of halogens is 2. The fraction of sp³-hybridized carbons (Fsp3) is 0.235. The summed E-state index contributed by atoms with van der Waals surface area (Å²) in [5.41, 5.74) is 3.67. The fourth-order valence-corrected chi connectivity index (χ4v) is 3.44. The van der Waals surface area contributed by atoms with Crippen molar-refractivity contribution in [1.29, 1.82) is 0 Å². The molecule has 0 saturated carbocycles. The van der Waals surface area contributed by atoms with E-state index >= 15 is 0 Å². The van der Waals surface area contributed by atoms with Crippen molar-refractivity contribution in [2.24, 2.45) is 5.16 Å².